The summed E-state index contributed by atoms with van der Waals surface area (Å²) in [5, 5.41) is 10.3. The normalized spacial score (nSPS) is 12.5. The molecule has 2 heterocycles. The van der Waals surface area contributed by atoms with E-state index in [0.29, 0.717) is 5.69 Å². The zero-order valence-electron chi connectivity index (χ0n) is 10.4. The van der Waals surface area contributed by atoms with Crippen LogP contribution < -0.4 is 5.32 Å². The van der Waals surface area contributed by atoms with Gasteiger partial charge in [-0.05, 0) is 25.1 Å². The van der Waals surface area contributed by atoms with Crippen LogP contribution >= 0.6 is 0 Å². The molecule has 1 amide bonds. The molecule has 1 atom stereocenters. The second-order valence-corrected chi connectivity index (χ2v) is 4.35. The van der Waals surface area contributed by atoms with Crippen molar-refractivity contribution in [2.75, 3.05) is 0 Å². The first-order chi connectivity index (χ1) is 9.24. The molecule has 0 saturated carbocycles. The summed E-state index contributed by atoms with van der Waals surface area (Å²) in [6.45, 7) is 1.88. The Kier molecular flexibility index (Phi) is 2.79. The molecule has 5 heteroatoms. The Morgan fingerprint density at radius 3 is 2.95 bits per heavy atom. The molecule has 0 fully saturated rings. The number of aromatic amines is 1. The molecule has 0 bridgehead atoms. The van der Waals surface area contributed by atoms with Crippen molar-refractivity contribution in [1.29, 1.82) is 0 Å². The van der Waals surface area contributed by atoms with E-state index < -0.39 is 0 Å². The number of carbonyl (C=O) groups excluding carboxylic acids is 1. The van der Waals surface area contributed by atoms with Crippen molar-refractivity contribution in [1.82, 2.24) is 15.5 Å². The number of fused-ring (bicyclic) bond motifs is 1. The smallest absolute Gasteiger partial charge is 0.269 e. The number of benzene rings is 1. The fraction of sp³-hybridized carbons (Fsp3) is 0.143. The highest BCUT2D eigenvalue weighted by molar-refractivity contribution is 5.92. The van der Waals surface area contributed by atoms with Gasteiger partial charge >= 0.3 is 0 Å². The van der Waals surface area contributed by atoms with Crippen molar-refractivity contribution in [3.05, 3.63) is 54.0 Å². The average molecular weight is 255 g/mol. The maximum absolute atomic E-state index is 11.9. The molecule has 2 aromatic heterocycles. The van der Waals surface area contributed by atoms with Gasteiger partial charge in [0.25, 0.3) is 5.91 Å². The molecule has 5 nitrogen and oxygen atoms in total. The lowest BCUT2D eigenvalue weighted by Gasteiger charge is -2.09. The fourth-order valence-electron chi connectivity index (χ4n) is 1.94. The summed E-state index contributed by atoms with van der Waals surface area (Å²) in [4.78, 5) is 11.9. The van der Waals surface area contributed by atoms with Gasteiger partial charge in [0.15, 0.2) is 0 Å². The summed E-state index contributed by atoms with van der Waals surface area (Å²) in [7, 11) is 0. The molecule has 96 valence electrons. The van der Waals surface area contributed by atoms with Crippen LogP contribution in [0.5, 0.6) is 0 Å². The minimum Gasteiger partial charge on any atom is -0.459 e. The van der Waals surface area contributed by atoms with Crippen molar-refractivity contribution in [2.45, 2.75) is 13.0 Å². The number of nitrogens with zero attached hydrogens (tertiary/aromatic N) is 1. The number of rotatable bonds is 3. The molecule has 0 aliphatic rings. The number of furan rings is 1. The molecular formula is C14H13N3O2. The summed E-state index contributed by atoms with van der Waals surface area (Å²) >= 11 is 0. The minimum absolute atomic E-state index is 0.203. The first-order valence-electron chi connectivity index (χ1n) is 6.03. The zero-order chi connectivity index (χ0) is 13.2. The van der Waals surface area contributed by atoms with Crippen LogP contribution in [0.1, 0.15) is 29.2 Å². The quantitative estimate of drug-likeness (QED) is 0.755. The summed E-state index contributed by atoms with van der Waals surface area (Å²) < 4.78 is 5.71. The van der Waals surface area contributed by atoms with Gasteiger partial charge in [-0.2, -0.15) is 5.10 Å². The van der Waals surface area contributed by atoms with Crippen LogP contribution in [0, 0.1) is 0 Å². The summed E-state index contributed by atoms with van der Waals surface area (Å²) in [6.07, 6.45) is 1.54. The topological polar surface area (TPSA) is 70.9 Å². The lowest BCUT2D eigenvalue weighted by Crippen LogP contribution is -2.26. The highest BCUT2D eigenvalue weighted by Gasteiger charge is 2.15. The Morgan fingerprint density at radius 1 is 1.37 bits per heavy atom. The molecule has 19 heavy (non-hydrogen) atoms. The number of hydrogen-bond acceptors (Lipinski definition) is 3. The maximum atomic E-state index is 11.9. The number of aromatic nitrogens is 2. The Labute approximate surface area is 109 Å². The standard InChI is InChI=1S/C14H13N3O2/c1-9(16-14(18)11-6-7-15-17-11)13-8-10-4-2-3-5-12(10)19-13/h2-9H,1H3,(H,15,17)(H,16,18)/t9-/m1/s1. The van der Waals surface area contributed by atoms with Gasteiger partial charge in [0.2, 0.25) is 0 Å². The van der Waals surface area contributed by atoms with Gasteiger partial charge in [0.05, 0.1) is 6.04 Å². The lowest BCUT2D eigenvalue weighted by atomic mass is 10.2. The van der Waals surface area contributed by atoms with E-state index in [-0.39, 0.29) is 11.9 Å². The number of H-pyrrole nitrogens is 1. The molecule has 0 aliphatic heterocycles. The number of hydrogen-bond donors (Lipinski definition) is 2. The van der Waals surface area contributed by atoms with Crippen LogP contribution in [0.25, 0.3) is 11.0 Å². The Hall–Kier alpha value is -2.56. The highest BCUT2D eigenvalue weighted by atomic mass is 16.3. The molecule has 3 rings (SSSR count). The number of amides is 1. The van der Waals surface area contributed by atoms with E-state index in [4.69, 9.17) is 4.42 Å². The van der Waals surface area contributed by atoms with E-state index in [9.17, 15) is 4.79 Å². The van der Waals surface area contributed by atoms with Gasteiger partial charge in [-0.1, -0.05) is 18.2 Å². The number of para-hydroxylation sites is 1. The van der Waals surface area contributed by atoms with Crippen LogP contribution in [-0.4, -0.2) is 16.1 Å². The van der Waals surface area contributed by atoms with Crippen LogP contribution in [0.2, 0.25) is 0 Å². The maximum Gasteiger partial charge on any atom is 0.269 e. The summed E-state index contributed by atoms with van der Waals surface area (Å²) in [5.41, 5.74) is 1.25. The van der Waals surface area contributed by atoms with Crippen molar-refractivity contribution >= 4 is 16.9 Å². The van der Waals surface area contributed by atoms with Gasteiger partial charge in [0, 0.05) is 11.6 Å². The van der Waals surface area contributed by atoms with Crippen molar-refractivity contribution in [2.24, 2.45) is 0 Å². The third-order valence-electron chi connectivity index (χ3n) is 2.96. The molecule has 0 unspecified atom stereocenters. The molecule has 0 radical (unpaired) electrons. The number of nitrogens with one attached hydrogen (secondary N) is 2. The zero-order valence-corrected chi connectivity index (χ0v) is 10.4. The van der Waals surface area contributed by atoms with E-state index in [1.165, 1.54) is 0 Å². The van der Waals surface area contributed by atoms with E-state index in [1.54, 1.807) is 12.3 Å². The average Bonchev–Trinajstić information content (AvgIpc) is 3.07. The fourth-order valence-corrected chi connectivity index (χ4v) is 1.94. The SMILES string of the molecule is C[C@@H](NC(=O)c1ccn[nH]1)c1cc2ccccc2o1. The van der Waals surface area contributed by atoms with Crippen LogP contribution in [-0.2, 0) is 0 Å². The molecule has 3 aromatic rings. The van der Waals surface area contributed by atoms with Gasteiger partial charge in [0.1, 0.15) is 17.0 Å². The summed E-state index contributed by atoms with van der Waals surface area (Å²) in [5.74, 6) is 0.527. The summed E-state index contributed by atoms with van der Waals surface area (Å²) in [6, 6.07) is 11.1. The van der Waals surface area contributed by atoms with Gasteiger partial charge in [-0.25, -0.2) is 0 Å². The third-order valence-corrected chi connectivity index (χ3v) is 2.96. The predicted molar refractivity (Wildman–Crippen MR) is 70.7 cm³/mol. The highest BCUT2D eigenvalue weighted by Crippen LogP contribution is 2.23. The van der Waals surface area contributed by atoms with Crippen LogP contribution in [0.4, 0.5) is 0 Å². The number of carbonyl (C=O) groups is 1. The van der Waals surface area contributed by atoms with Gasteiger partial charge < -0.3 is 9.73 Å². The van der Waals surface area contributed by atoms with Crippen molar-refractivity contribution < 1.29 is 9.21 Å². The van der Waals surface area contributed by atoms with Crippen LogP contribution in [0.3, 0.4) is 0 Å². The van der Waals surface area contributed by atoms with Crippen molar-refractivity contribution in [3.63, 3.8) is 0 Å². The van der Waals surface area contributed by atoms with E-state index >= 15 is 0 Å². The molecule has 0 aliphatic carbocycles. The van der Waals surface area contributed by atoms with Gasteiger partial charge in [-0.15, -0.1) is 0 Å². The van der Waals surface area contributed by atoms with Crippen molar-refractivity contribution in [3.8, 4) is 0 Å². The predicted octanol–water partition coefficient (Wildman–Crippen LogP) is 2.65. The van der Waals surface area contributed by atoms with Crippen LogP contribution in [0.15, 0.2) is 47.0 Å². The first-order valence-corrected chi connectivity index (χ1v) is 6.03. The second kappa shape index (κ2) is 4.61. The van der Waals surface area contributed by atoms with E-state index in [0.717, 1.165) is 16.7 Å². The minimum atomic E-state index is -0.205. The molecule has 1 aromatic carbocycles. The molecule has 0 saturated heterocycles. The van der Waals surface area contributed by atoms with Gasteiger partial charge in [-0.3, -0.25) is 9.89 Å². The Balaban J connectivity index is 1.80. The monoisotopic (exact) mass is 255 g/mol. The second-order valence-electron chi connectivity index (χ2n) is 4.35. The first kappa shape index (κ1) is 11.5. The third kappa shape index (κ3) is 2.22. The molecule has 2 N–H and O–H groups in total. The largest absolute Gasteiger partial charge is 0.459 e. The lowest BCUT2D eigenvalue weighted by molar-refractivity contribution is 0.0930. The van der Waals surface area contributed by atoms with E-state index in [1.807, 2.05) is 37.3 Å². The van der Waals surface area contributed by atoms with E-state index in [2.05, 4.69) is 15.5 Å². The molecule has 0 spiro atoms. The Morgan fingerprint density at radius 2 is 2.21 bits per heavy atom. The molecular weight excluding hydrogens is 242 g/mol. The Bertz CT molecular complexity index is 667.